The van der Waals surface area contributed by atoms with Crippen LogP contribution in [0.5, 0.6) is 0 Å². The third kappa shape index (κ3) is 2.16. The highest BCUT2D eigenvalue weighted by molar-refractivity contribution is 6.34. The quantitative estimate of drug-likeness (QED) is 0.740. The first kappa shape index (κ1) is 11.3. The van der Waals surface area contributed by atoms with E-state index >= 15 is 0 Å². The molecule has 82 valence electrons. The van der Waals surface area contributed by atoms with Gasteiger partial charge in [-0.3, -0.25) is 0 Å². The summed E-state index contributed by atoms with van der Waals surface area (Å²) in [5, 5.41) is 1.38. The van der Waals surface area contributed by atoms with Crippen molar-refractivity contribution in [2.45, 2.75) is 6.92 Å². The summed E-state index contributed by atoms with van der Waals surface area (Å²) in [6.45, 7) is 1.97. The Balaban J connectivity index is 2.54. The highest BCUT2D eigenvalue weighted by atomic mass is 35.5. The van der Waals surface area contributed by atoms with E-state index in [9.17, 15) is 0 Å². The molecule has 2 N–H and O–H groups in total. The largest absolute Gasteiger partial charge is 0.399 e. The summed E-state index contributed by atoms with van der Waals surface area (Å²) in [6.07, 6.45) is 0. The molecule has 1 nitrogen and oxygen atoms in total. The number of anilines is 1. The fraction of sp³-hybridized carbons (Fsp3) is 0.0769. The van der Waals surface area contributed by atoms with Gasteiger partial charge in [0.15, 0.2) is 0 Å². The molecule has 0 fully saturated rings. The molecule has 0 saturated heterocycles. The van der Waals surface area contributed by atoms with Crippen LogP contribution in [0.3, 0.4) is 0 Å². The van der Waals surface area contributed by atoms with Gasteiger partial charge in [0, 0.05) is 16.3 Å². The molecule has 0 atom stereocenters. The van der Waals surface area contributed by atoms with E-state index in [-0.39, 0.29) is 0 Å². The Morgan fingerprint density at radius 1 is 0.938 bits per heavy atom. The van der Waals surface area contributed by atoms with Crippen LogP contribution < -0.4 is 5.73 Å². The van der Waals surface area contributed by atoms with Gasteiger partial charge in [0.05, 0.1) is 5.02 Å². The highest BCUT2D eigenvalue weighted by Gasteiger charge is 2.05. The first-order chi connectivity index (χ1) is 7.58. The van der Waals surface area contributed by atoms with Crippen LogP contribution in [0, 0.1) is 6.92 Å². The monoisotopic (exact) mass is 251 g/mol. The molecule has 0 saturated carbocycles. The summed E-state index contributed by atoms with van der Waals surface area (Å²) in [7, 11) is 0. The van der Waals surface area contributed by atoms with Gasteiger partial charge in [0.25, 0.3) is 0 Å². The summed E-state index contributed by atoms with van der Waals surface area (Å²) >= 11 is 12.2. The lowest BCUT2D eigenvalue weighted by Crippen LogP contribution is -1.86. The molecular weight excluding hydrogens is 241 g/mol. The second kappa shape index (κ2) is 4.36. The molecule has 16 heavy (non-hydrogen) atoms. The fourth-order valence-corrected chi connectivity index (χ4v) is 2.00. The number of benzene rings is 2. The lowest BCUT2D eigenvalue weighted by atomic mass is 10.0. The first-order valence-corrected chi connectivity index (χ1v) is 5.65. The smallest absolute Gasteiger partial charge is 0.0504 e. The number of aryl methyl sites for hydroxylation is 1. The van der Waals surface area contributed by atoms with Crippen molar-refractivity contribution in [2.24, 2.45) is 0 Å². The van der Waals surface area contributed by atoms with Crippen LogP contribution in [0.4, 0.5) is 5.69 Å². The maximum Gasteiger partial charge on any atom is 0.0504 e. The van der Waals surface area contributed by atoms with E-state index in [0.717, 1.165) is 21.7 Å². The Morgan fingerprint density at radius 3 is 2.31 bits per heavy atom. The van der Waals surface area contributed by atoms with Gasteiger partial charge >= 0.3 is 0 Å². The summed E-state index contributed by atoms with van der Waals surface area (Å²) < 4.78 is 0. The molecule has 0 heterocycles. The predicted molar refractivity (Wildman–Crippen MR) is 71.0 cm³/mol. The van der Waals surface area contributed by atoms with Gasteiger partial charge in [-0.15, -0.1) is 0 Å². The molecule has 0 aliphatic carbocycles. The summed E-state index contributed by atoms with van der Waals surface area (Å²) in [6, 6.07) is 11.4. The third-order valence-electron chi connectivity index (χ3n) is 2.48. The average Bonchev–Trinajstić information content (AvgIpc) is 2.22. The molecular formula is C13H11Cl2N. The van der Waals surface area contributed by atoms with Gasteiger partial charge in [0.2, 0.25) is 0 Å². The number of hydrogen-bond acceptors (Lipinski definition) is 1. The number of rotatable bonds is 1. The lowest BCUT2D eigenvalue weighted by molar-refractivity contribution is 1.47. The summed E-state index contributed by atoms with van der Waals surface area (Å²) in [4.78, 5) is 0. The van der Waals surface area contributed by atoms with Crippen LogP contribution in [0.1, 0.15) is 5.56 Å². The topological polar surface area (TPSA) is 26.0 Å². The molecule has 0 bridgehead atoms. The number of hydrogen-bond donors (Lipinski definition) is 1. The van der Waals surface area contributed by atoms with Crippen LogP contribution in [-0.2, 0) is 0 Å². The Labute approximate surface area is 105 Å². The van der Waals surface area contributed by atoms with Crippen molar-refractivity contribution in [3.63, 3.8) is 0 Å². The zero-order valence-electron chi connectivity index (χ0n) is 8.80. The van der Waals surface area contributed by atoms with Crippen molar-refractivity contribution in [1.29, 1.82) is 0 Å². The second-order valence-corrected chi connectivity index (χ2v) is 4.52. The number of nitrogen functional groups attached to an aromatic ring is 1. The molecule has 0 aliphatic heterocycles. The zero-order valence-corrected chi connectivity index (χ0v) is 10.3. The normalized spacial score (nSPS) is 10.4. The van der Waals surface area contributed by atoms with Gasteiger partial charge < -0.3 is 5.73 Å². The molecule has 0 aliphatic rings. The number of halogens is 2. The van der Waals surface area contributed by atoms with Crippen molar-refractivity contribution in [2.75, 3.05) is 5.73 Å². The van der Waals surface area contributed by atoms with Crippen LogP contribution in [0.2, 0.25) is 10.0 Å². The van der Waals surface area contributed by atoms with Crippen molar-refractivity contribution in [1.82, 2.24) is 0 Å². The standard InChI is InChI=1S/C13H11Cl2N/c1-8-2-3-9(6-12(8)14)11-5-4-10(16)7-13(11)15/h2-7H,16H2,1H3. The van der Waals surface area contributed by atoms with Crippen LogP contribution in [-0.4, -0.2) is 0 Å². The van der Waals surface area contributed by atoms with Crippen molar-refractivity contribution < 1.29 is 0 Å². The van der Waals surface area contributed by atoms with Gasteiger partial charge in [-0.05, 0) is 36.2 Å². The van der Waals surface area contributed by atoms with E-state index in [1.807, 2.05) is 37.3 Å². The van der Waals surface area contributed by atoms with E-state index < -0.39 is 0 Å². The Morgan fingerprint density at radius 2 is 1.69 bits per heavy atom. The molecule has 0 amide bonds. The van der Waals surface area contributed by atoms with Gasteiger partial charge in [0.1, 0.15) is 0 Å². The number of nitrogens with two attached hydrogens (primary N) is 1. The fourth-order valence-electron chi connectivity index (χ4n) is 1.53. The van der Waals surface area contributed by atoms with Gasteiger partial charge in [-0.1, -0.05) is 41.4 Å². The van der Waals surface area contributed by atoms with E-state index in [4.69, 9.17) is 28.9 Å². The van der Waals surface area contributed by atoms with Crippen molar-refractivity contribution in [3.8, 4) is 11.1 Å². The Bertz CT molecular complexity index is 535. The highest BCUT2D eigenvalue weighted by Crippen LogP contribution is 2.31. The maximum atomic E-state index is 6.13. The molecule has 3 heteroatoms. The van der Waals surface area contributed by atoms with Gasteiger partial charge in [-0.2, -0.15) is 0 Å². The predicted octanol–water partition coefficient (Wildman–Crippen LogP) is 4.55. The minimum Gasteiger partial charge on any atom is -0.399 e. The summed E-state index contributed by atoms with van der Waals surface area (Å²) in [5.41, 5.74) is 9.30. The van der Waals surface area contributed by atoms with Crippen LogP contribution >= 0.6 is 23.2 Å². The minimum atomic E-state index is 0.639. The lowest BCUT2D eigenvalue weighted by Gasteiger charge is -2.07. The van der Waals surface area contributed by atoms with Crippen LogP contribution in [0.25, 0.3) is 11.1 Å². The molecule has 2 aromatic rings. The Kier molecular flexibility index (Phi) is 3.08. The van der Waals surface area contributed by atoms with E-state index in [1.54, 1.807) is 6.07 Å². The molecule has 2 aromatic carbocycles. The minimum absolute atomic E-state index is 0.639. The maximum absolute atomic E-state index is 6.13. The zero-order chi connectivity index (χ0) is 11.7. The van der Waals surface area contributed by atoms with Crippen molar-refractivity contribution in [3.05, 3.63) is 52.0 Å². The second-order valence-electron chi connectivity index (χ2n) is 3.70. The molecule has 0 radical (unpaired) electrons. The van der Waals surface area contributed by atoms with Crippen LogP contribution in [0.15, 0.2) is 36.4 Å². The van der Waals surface area contributed by atoms with E-state index in [2.05, 4.69) is 0 Å². The molecule has 0 aromatic heterocycles. The summed E-state index contributed by atoms with van der Waals surface area (Å²) in [5.74, 6) is 0. The van der Waals surface area contributed by atoms with E-state index in [1.165, 1.54) is 0 Å². The third-order valence-corrected chi connectivity index (χ3v) is 3.20. The van der Waals surface area contributed by atoms with Gasteiger partial charge in [-0.25, -0.2) is 0 Å². The molecule has 0 spiro atoms. The molecule has 0 unspecified atom stereocenters. The van der Waals surface area contributed by atoms with E-state index in [0.29, 0.717) is 10.7 Å². The molecule has 2 rings (SSSR count). The average molecular weight is 252 g/mol. The first-order valence-electron chi connectivity index (χ1n) is 4.89. The SMILES string of the molecule is Cc1ccc(-c2ccc(N)cc2Cl)cc1Cl. The Hall–Kier alpha value is -1.18. The van der Waals surface area contributed by atoms with Crippen molar-refractivity contribution >= 4 is 28.9 Å².